The van der Waals surface area contributed by atoms with Crippen LogP contribution in [0.4, 0.5) is 0 Å². The van der Waals surface area contributed by atoms with E-state index in [1.165, 1.54) is 5.01 Å². The van der Waals surface area contributed by atoms with Gasteiger partial charge in [0.2, 0.25) is 5.91 Å². The second-order valence-corrected chi connectivity index (χ2v) is 8.90. The van der Waals surface area contributed by atoms with Gasteiger partial charge in [-0.05, 0) is 6.07 Å². The molecule has 0 bridgehead atoms. The monoisotopic (exact) mass is 387 g/mol. The van der Waals surface area contributed by atoms with Crippen molar-refractivity contribution >= 4 is 17.2 Å². The van der Waals surface area contributed by atoms with Crippen LogP contribution in [-0.2, 0) is 23.2 Å². The summed E-state index contributed by atoms with van der Waals surface area (Å²) in [5.41, 5.74) is 2.19. The molecule has 1 saturated heterocycles. The second-order valence-electron chi connectivity index (χ2n) is 8.04. The highest BCUT2D eigenvalue weighted by Crippen LogP contribution is 2.26. The number of carbonyl (C=O) groups is 1. The summed E-state index contributed by atoms with van der Waals surface area (Å²) < 4.78 is 5.36. The Hall–Kier alpha value is -1.92. The van der Waals surface area contributed by atoms with Crippen LogP contribution in [-0.4, -0.2) is 54.0 Å². The number of methoxy groups -OCH3 is 1. The van der Waals surface area contributed by atoms with Gasteiger partial charge in [0.05, 0.1) is 24.2 Å². The number of amides is 1. The van der Waals surface area contributed by atoms with E-state index in [4.69, 9.17) is 9.72 Å². The van der Waals surface area contributed by atoms with Gasteiger partial charge in [-0.1, -0.05) is 39.0 Å². The maximum atomic E-state index is 12.7. The second kappa shape index (κ2) is 8.40. The number of ether oxygens (including phenoxy) is 1. The van der Waals surface area contributed by atoms with E-state index in [1.807, 2.05) is 29.2 Å². The molecule has 1 aliphatic rings. The third-order valence-corrected chi connectivity index (χ3v) is 6.15. The minimum Gasteiger partial charge on any atom is -0.496 e. The Morgan fingerprint density at radius 2 is 1.89 bits per heavy atom. The first-order valence-electron chi connectivity index (χ1n) is 9.43. The van der Waals surface area contributed by atoms with Crippen LogP contribution in [0, 0.1) is 0 Å². The number of hydrogen-bond acceptors (Lipinski definition) is 5. The van der Waals surface area contributed by atoms with E-state index in [2.05, 4.69) is 31.1 Å². The van der Waals surface area contributed by atoms with Crippen molar-refractivity contribution < 1.29 is 9.53 Å². The van der Waals surface area contributed by atoms with Crippen LogP contribution in [0.15, 0.2) is 29.6 Å². The van der Waals surface area contributed by atoms with E-state index in [9.17, 15) is 4.79 Å². The lowest BCUT2D eigenvalue weighted by Gasteiger charge is -2.34. The molecular weight excluding hydrogens is 358 g/mol. The van der Waals surface area contributed by atoms with E-state index < -0.39 is 0 Å². The molecule has 1 fully saturated rings. The molecule has 1 aliphatic heterocycles. The summed E-state index contributed by atoms with van der Waals surface area (Å²) in [6.07, 6.45) is 0.394. The van der Waals surface area contributed by atoms with E-state index in [0.717, 1.165) is 49.7 Å². The number of para-hydroxylation sites is 1. The first-order valence-corrected chi connectivity index (χ1v) is 10.3. The molecule has 2 heterocycles. The average molecular weight is 388 g/mol. The van der Waals surface area contributed by atoms with Crippen molar-refractivity contribution in [1.29, 1.82) is 0 Å². The lowest BCUT2D eigenvalue weighted by molar-refractivity contribution is -0.132. The number of hydrogen-bond donors (Lipinski definition) is 0. The predicted molar refractivity (Wildman–Crippen MR) is 109 cm³/mol. The van der Waals surface area contributed by atoms with Gasteiger partial charge in [0.15, 0.2) is 0 Å². The zero-order valence-corrected chi connectivity index (χ0v) is 17.5. The molecule has 0 spiro atoms. The van der Waals surface area contributed by atoms with Crippen molar-refractivity contribution in [2.45, 2.75) is 39.2 Å². The topological polar surface area (TPSA) is 45.7 Å². The Morgan fingerprint density at radius 1 is 1.19 bits per heavy atom. The van der Waals surface area contributed by atoms with Gasteiger partial charge < -0.3 is 9.64 Å². The number of rotatable bonds is 5. The maximum Gasteiger partial charge on any atom is 0.227 e. The van der Waals surface area contributed by atoms with Crippen molar-refractivity contribution in [2.75, 3.05) is 33.3 Å². The summed E-state index contributed by atoms with van der Waals surface area (Å²) in [7, 11) is 1.64. The molecule has 1 aromatic carbocycles. The van der Waals surface area contributed by atoms with E-state index in [1.54, 1.807) is 18.4 Å². The SMILES string of the molecule is COc1ccccc1CC(=O)N1CCN(Cc2csc(C(C)(C)C)n2)CC1. The molecule has 5 nitrogen and oxygen atoms in total. The van der Waals surface area contributed by atoms with E-state index >= 15 is 0 Å². The largest absolute Gasteiger partial charge is 0.496 e. The fourth-order valence-electron chi connectivity index (χ4n) is 3.23. The fraction of sp³-hybridized carbons (Fsp3) is 0.524. The first-order chi connectivity index (χ1) is 12.9. The van der Waals surface area contributed by atoms with E-state index in [-0.39, 0.29) is 11.3 Å². The third-order valence-electron chi connectivity index (χ3n) is 4.84. The summed E-state index contributed by atoms with van der Waals surface area (Å²) in [6.45, 7) is 10.8. The fourth-order valence-corrected chi connectivity index (χ4v) is 4.13. The molecule has 6 heteroatoms. The normalized spacial score (nSPS) is 15.8. The molecule has 0 atom stereocenters. The lowest BCUT2D eigenvalue weighted by Crippen LogP contribution is -2.48. The van der Waals surface area contributed by atoms with Gasteiger partial charge in [-0.15, -0.1) is 11.3 Å². The van der Waals surface area contributed by atoms with Crippen molar-refractivity contribution in [2.24, 2.45) is 0 Å². The average Bonchev–Trinajstić information content (AvgIpc) is 3.12. The minimum atomic E-state index is 0.104. The Morgan fingerprint density at radius 3 is 2.52 bits per heavy atom. The van der Waals surface area contributed by atoms with Gasteiger partial charge in [0.25, 0.3) is 0 Å². The molecule has 1 amide bonds. The smallest absolute Gasteiger partial charge is 0.227 e. The van der Waals surface area contributed by atoms with Crippen LogP contribution in [0.25, 0.3) is 0 Å². The highest BCUT2D eigenvalue weighted by atomic mass is 32.1. The molecule has 0 unspecified atom stereocenters. The summed E-state index contributed by atoms with van der Waals surface area (Å²) in [4.78, 5) is 21.8. The summed E-state index contributed by atoms with van der Waals surface area (Å²) in [5.74, 6) is 0.950. The first kappa shape index (κ1) is 19.8. The van der Waals surface area contributed by atoms with Crippen LogP contribution in [0.2, 0.25) is 0 Å². The van der Waals surface area contributed by atoms with Gasteiger partial charge in [-0.3, -0.25) is 9.69 Å². The van der Waals surface area contributed by atoms with Crippen molar-refractivity contribution in [3.63, 3.8) is 0 Å². The Bertz CT molecular complexity index is 774. The van der Waals surface area contributed by atoms with Gasteiger partial charge in [0.1, 0.15) is 5.75 Å². The quantitative estimate of drug-likeness (QED) is 0.789. The summed E-state index contributed by atoms with van der Waals surface area (Å²) in [6, 6.07) is 7.74. The van der Waals surface area contributed by atoms with Crippen LogP contribution >= 0.6 is 11.3 Å². The number of nitrogens with zero attached hydrogens (tertiary/aromatic N) is 3. The Kier molecular flexibility index (Phi) is 6.17. The molecule has 1 aromatic heterocycles. The molecule has 0 saturated carbocycles. The lowest BCUT2D eigenvalue weighted by atomic mass is 9.98. The third kappa shape index (κ3) is 5.08. The van der Waals surface area contributed by atoms with Crippen LogP contribution in [0.1, 0.15) is 37.0 Å². The van der Waals surface area contributed by atoms with Crippen molar-refractivity contribution in [1.82, 2.24) is 14.8 Å². The van der Waals surface area contributed by atoms with Gasteiger partial charge >= 0.3 is 0 Å². The van der Waals surface area contributed by atoms with Crippen molar-refractivity contribution in [3.05, 3.63) is 45.9 Å². The Labute approximate surface area is 166 Å². The van der Waals surface area contributed by atoms with Crippen molar-refractivity contribution in [3.8, 4) is 5.75 Å². The van der Waals surface area contributed by atoms with Crippen LogP contribution in [0.5, 0.6) is 5.75 Å². The number of piperazine rings is 1. The van der Waals surface area contributed by atoms with Crippen LogP contribution in [0.3, 0.4) is 0 Å². The molecule has 0 radical (unpaired) electrons. The number of benzene rings is 1. The molecular formula is C21H29N3O2S. The van der Waals surface area contributed by atoms with Gasteiger partial charge in [-0.2, -0.15) is 0 Å². The molecule has 2 aromatic rings. The number of aromatic nitrogens is 1. The summed E-state index contributed by atoms with van der Waals surface area (Å²) in [5, 5.41) is 3.35. The predicted octanol–water partition coefficient (Wildman–Crippen LogP) is 3.34. The van der Waals surface area contributed by atoms with Gasteiger partial charge in [-0.25, -0.2) is 4.98 Å². The highest BCUT2D eigenvalue weighted by Gasteiger charge is 2.23. The highest BCUT2D eigenvalue weighted by molar-refractivity contribution is 7.09. The zero-order valence-electron chi connectivity index (χ0n) is 16.7. The molecule has 0 aliphatic carbocycles. The van der Waals surface area contributed by atoms with Crippen LogP contribution < -0.4 is 4.74 Å². The maximum absolute atomic E-state index is 12.7. The zero-order chi connectivity index (χ0) is 19.4. The summed E-state index contributed by atoms with van der Waals surface area (Å²) >= 11 is 1.74. The number of carbonyl (C=O) groups excluding carboxylic acids is 1. The minimum absolute atomic E-state index is 0.104. The molecule has 0 N–H and O–H groups in total. The molecule has 27 heavy (non-hydrogen) atoms. The van der Waals surface area contributed by atoms with Gasteiger partial charge in [0, 0.05) is 49.1 Å². The molecule has 3 rings (SSSR count). The standard InChI is InChI=1S/C21H29N3O2S/c1-21(2,3)20-22-17(15-27-20)14-23-9-11-24(12-10-23)19(25)13-16-7-5-6-8-18(16)26-4/h5-8,15H,9-14H2,1-4H3. The Balaban J connectivity index is 1.51. The number of thiazole rings is 1. The molecule has 146 valence electrons. The van der Waals surface area contributed by atoms with E-state index in [0.29, 0.717) is 6.42 Å².